The normalized spacial score (nSPS) is 18.4. The summed E-state index contributed by atoms with van der Waals surface area (Å²) in [7, 11) is 1.49. The Bertz CT molecular complexity index is 477. The van der Waals surface area contributed by atoms with Crippen LogP contribution >= 0.6 is 11.8 Å². The zero-order valence-electron chi connectivity index (χ0n) is 11.3. The summed E-state index contributed by atoms with van der Waals surface area (Å²) < 4.78 is 5.31. The summed E-state index contributed by atoms with van der Waals surface area (Å²) in [6, 6.07) is 0. The highest BCUT2D eigenvalue weighted by atomic mass is 32.2. The first-order valence-corrected chi connectivity index (χ1v) is 7.50. The first kappa shape index (κ1) is 14.2. The lowest BCUT2D eigenvalue weighted by Gasteiger charge is -2.40. The molecule has 106 valence electrons. The zero-order chi connectivity index (χ0) is 13.9. The zero-order valence-corrected chi connectivity index (χ0v) is 12.1. The highest BCUT2D eigenvalue weighted by Gasteiger charge is 2.34. The fraction of sp³-hybridized carbons (Fsp3) is 0.667. The second-order valence-electron chi connectivity index (χ2n) is 4.67. The Balaban J connectivity index is 2.18. The number of aromatic nitrogens is 2. The molecule has 3 N–H and O–H groups in total. The van der Waals surface area contributed by atoms with E-state index in [0.717, 1.165) is 25.9 Å². The molecule has 1 aliphatic heterocycles. The number of rotatable bonds is 4. The number of nitrogens with one attached hydrogen (secondary N) is 1. The van der Waals surface area contributed by atoms with Crippen LogP contribution in [-0.4, -0.2) is 47.7 Å². The molecule has 1 aromatic heterocycles. The van der Waals surface area contributed by atoms with Crippen LogP contribution in [0.1, 0.15) is 12.8 Å². The lowest BCUT2D eigenvalue weighted by atomic mass is 9.96. The summed E-state index contributed by atoms with van der Waals surface area (Å²) in [4.78, 5) is 20.5. The van der Waals surface area contributed by atoms with Gasteiger partial charge in [0, 0.05) is 24.4 Å². The van der Waals surface area contributed by atoms with Gasteiger partial charge in [0.15, 0.2) is 5.82 Å². The standard InChI is InChI=1S/C12H20N4O2S/c1-18-9-10(14-8-15-11(9)17)16-5-3-12(7-13,19-2)4-6-16/h8H,3-7,13H2,1-2H3,(H,14,15,17). The summed E-state index contributed by atoms with van der Waals surface area (Å²) >= 11 is 1.83. The van der Waals surface area contributed by atoms with Crippen molar-refractivity contribution in [3.63, 3.8) is 0 Å². The summed E-state index contributed by atoms with van der Waals surface area (Å²) in [6.07, 6.45) is 5.50. The quantitative estimate of drug-likeness (QED) is 0.834. The van der Waals surface area contributed by atoms with Gasteiger partial charge in [-0.15, -0.1) is 0 Å². The van der Waals surface area contributed by atoms with Crippen molar-refractivity contribution in [3.8, 4) is 5.75 Å². The number of aromatic amines is 1. The van der Waals surface area contributed by atoms with Gasteiger partial charge in [0.25, 0.3) is 5.56 Å². The molecular formula is C12H20N4O2S. The Kier molecular flexibility index (Phi) is 4.36. The highest BCUT2D eigenvalue weighted by Crippen LogP contribution is 2.35. The number of hydrogen-bond acceptors (Lipinski definition) is 6. The van der Waals surface area contributed by atoms with Gasteiger partial charge in [0.1, 0.15) is 0 Å². The van der Waals surface area contributed by atoms with E-state index in [4.69, 9.17) is 10.5 Å². The number of piperidine rings is 1. The minimum Gasteiger partial charge on any atom is -0.489 e. The fourth-order valence-electron chi connectivity index (χ4n) is 2.40. The summed E-state index contributed by atoms with van der Waals surface area (Å²) in [5.41, 5.74) is 5.64. The molecule has 2 heterocycles. The van der Waals surface area contributed by atoms with Crippen LogP contribution in [-0.2, 0) is 0 Å². The summed E-state index contributed by atoms with van der Waals surface area (Å²) in [5, 5.41) is 0. The predicted octanol–water partition coefficient (Wildman–Crippen LogP) is 0.439. The molecule has 1 saturated heterocycles. The van der Waals surface area contributed by atoms with Crippen molar-refractivity contribution in [2.45, 2.75) is 17.6 Å². The predicted molar refractivity (Wildman–Crippen MR) is 78.2 cm³/mol. The van der Waals surface area contributed by atoms with E-state index >= 15 is 0 Å². The molecule has 0 spiro atoms. The molecule has 6 nitrogen and oxygen atoms in total. The Labute approximate surface area is 116 Å². The van der Waals surface area contributed by atoms with Crippen molar-refractivity contribution in [1.82, 2.24) is 9.97 Å². The molecular weight excluding hydrogens is 264 g/mol. The third-order valence-electron chi connectivity index (χ3n) is 3.78. The maximum absolute atomic E-state index is 11.7. The van der Waals surface area contributed by atoms with E-state index in [1.165, 1.54) is 13.4 Å². The van der Waals surface area contributed by atoms with E-state index in [9.17, 15) is 4.79 Å². The van der Waals surface area contributed by atoms with Gasteiger partial charge < -0.3 is 20.4 Å². The lowest BCUT2D eigenvalue weighted by molar-refractivity contribution is 0.398. The van der Waals surface area contributed by atoms with Crippen LogP contribution in [0.4, 0.5) is 5.82 Å². The third kappa shape index (κ3) is 2.71. The molecule has 0 aromatic carbocycles. The molecule has 7 heteroatoms. The second-order valence-corrected chi connectivity index (χ2v) is 5.94. The molecule has 19 heavy (non-hydrogen) atoms. The van der Waals surface area contributed by atoms with Gasteiger partial charge in [-0.2, -0.15) is 11.8 Å². The van der Waals surface area contributed by atoms with Crippen molar-refractivity contribution in [2.24, 2.45) is 5.73 Å². The average molecular weight is 284 g/mol. The van der Waals surface area contributed by atoms with Gasteiger partial charge in [0.05, 0.1) is 13.4 Å². The van der Waals surface area contributed by atoms with Gasteiger partial charge in [-0.1, -0.05) is 0 Å². The van der Waals surface area contributed by atoms with Crippen LogP contribution in [0, 0.1) is 0 Å². The number of ether oxygens (including phenoxy) is 1. The maximum Gasteiger partial charge on any atom is 0.295 e. The van der Waals surface area contributed by atoms with Crippen molar-refractivity contribution >= 4 is 17.6 Å². The van der Waals surface area contributed by atoms with Crippen molar-refractivity contribution in [1.29, 1.82) is 0 Å². The minimum absolute atomic E-state index is 0.158. The third-order valence-corrected chi connectivity index (χ3v) is 5.22. The monoisotopic (exact) mass is 284 g/mol. The number of H-pyrrole nitrogens is 1. The SMILES string of the molecule is COc1c(N2CCC(CN)(SC)CC2)nc[nH]c1=O. The Morgan fingerprint density at radius 3 is 2.79 bits per heavy atom. The van der Waals surface area contributed by atoms with Gasteiger partial charge in [-0.25, -0.2) is 4.98 Å². The minimum atomic E-state index is -0.243. The highest BCUT2D eigenvalue weighted by molar-refractivity contribution is 8.00. The number of anilines is 1. The molecule has 1 fully saturated rings. The molecule has 0 saturated carbocycles. The topological polar surface area (TPSA) is 84.2 Å². The molecule has 2 rings (SSSR count). The Morgan fingerprint density at radius 2 is 2.26 bits per heavy atom. The van der Waals surface area contributed by atoms with Gasteiger partial charge >= 0.3 is 0 Å². The smallest absolute Gasteiger partial charge is 0.295 e. The van der Waals surface area contributed by atoms with Gasteiger partial charge in [-0.05, 0) is 19.1 Å². The molecule has 0 amide bonds. The maximum atomic E-state index is 11.7. The van der Waals surface area contributed by atoms with Crippen LogP contribution in [0.2, 0.25) is 0 Å². The number of thioether (sulfide) groups is 1. The van der Waals surface area contributed by atoms with Crippen LogP contribution in [0.15, 0.2) is 11.1 Å². The molecule has 0 bridgehead atoms. The van der Waals surface area contributed by atoms with Crippen molar-refractivity contribution in [2.75, 3.05) is 37.9 Å². The van der Waals surface area contributed by atoms with Gasteiger partial charge in [0.2, 0.25) is 5.75 Å². The van der Waals surface area contributed by atoms with E-state index < -0.39 is 0 Å². The second kappa shape index (κ2) is 5.83. The number of nitrogens with zero attached hydrogens (tertiary/aromatic N) is 2. The van der Waals surface area contributed by atoms with Crippen LogP contribution in [0.3, 0.4) is 0 Å². The first-order chi connectivity index (χ1) is 9.15. The van der Waals surface area contributed by atoms with Crippen LogP contribution in [0.5, 0.6) is 5.75 Å². The lowest BCUT2D eigenvalue weighted by Crippen LogP contribution is -2.47. The Hall–Kier alpha value is -1.21. The molecule has 0 atom stereocenters. The van der Waals surface area contributed by atoms with Crippen molar-refractivity contribution in [3.05, 3.63) is 16.7 Å². The van der Waals surface area contributed by atoms with E-state index in [2.05, 4.69) is 21.1 Å². The number of hydrogen-bond donors (Lipinski definition) is 2. The fourth-order valence-corrected chi connectivity index (χ4v) is 3.16. The average Bonchev–Trinajstić information content (AvgIpc) is 2.47. The first-order valence-electron chi connectivity index (χ1n) is 6.27. The molecule has 1 aliphatic rings. The van der Waals surface area contributed by atoms with Crippen molar-refractivity contribution < 1.29 is 4.74 Å². The molecule has 1 aromatic rings. The van der Waals surface area contributed by atoms with E-state index in [-0.39, 0.29) is 16.1 Å². The molecule has 0 aliphatic carbocycles. The summed E-state index contributed by atoms with van der Waals surface area (Å²) in [5.74, 6) is 0.907. The largest absolute Gasteiger partial charge is 0.489 e. The van der Waals surface area contributed by atoms with E-state index in [0.29, 0.717) is 12.4 Å². The van der Waals surface area contributed by atoms with Gasteiger partial charge in [-0.3, -0.25) is 4.79 Å². The number of nitrogens with two attached hydrogens (primary N) is 1. The number of methoxy groups -OCH3 is 1. The van der Waals surface area contributed by atoms with Crippen LogP contribution < -0.4 is 20.9 Å². The summed E-state index contributed by atoms with van der Waals surface area (Å²) in [6.45, 7) is 2.36. The van der Waals surface area contributed by atoms with E-state index in [1.54, 1.807) is 0 Å². The Morgan fingerprint density at radius 1 is 1.58 bits per heavy atom. The van der Waals surface area contributed by atoms with Crippen LogP contribution in [0.25, 0.3) is 0 Å². The molecule has 0 unspecified atom stereocenters. The van der Waals surface area contributed by atoms with E-state index in [1.807, 2.05) is 11.8 Å². The molecule has 0 radical (unpaired) electrons.